The molecule has 1 aromatic rings. The van der Waals surface area contributed by atoms with Crippen molar-refractivity contribution in [3.8, 4) is 11.5 Å². The number of aryl methyl sites for hydroxylation is 1. The van der Waals surface area contributed by atoms with Gasteiger partial charge in [0.1, 0.15) is 0 Å². The van der Waals surface area contributed by atoms with Gasteiger partial charge in [-0.3, -0.25) is 4.90 Å². The molecule has 2 rings (SSSR count). The van der Waals surface area contributed by atoms with Crippen molar-refractivity contribution in [3.63, 3.8) is 0 Å². The molecular weight excluding hydrogens is 216 g/mol. The fourth-order valence-corrected chi connectivity index (χ4v) is 2.19. The molecule has 0 saturated carbocycles. The van der Waals surface area contributed by atoms with Crippen LogP contribution >= 0.6 is 0 Å². The van der Waals surface area contributed by atoms with Gasteiger partial charge in [0, 0.05) is 38.3 Å². The summed E-state index contributed by atoms with van der Waals surface area (Å²) in [6.07, 6.45) is 0. The number of hydrogen-bond donors (Lipinski definition) is 3. The summed E-state index contributed by atoms with van der Waals surface area (Å²) in [5.74, 6) is 0.0572. The minimum absolute atomic E-state index is 0.0233. The van der Waals surface area contributed by atoms with E-state index in [0.717, 1.165) is 42.9 Å². The van der Waals surface area contributed by atoms with Crippen LogP contribution in [0.4, 0.5) is 0 Å². The molecule has 0 aromatic heterocycles. The number of piperazine rings is 1. The highest BCUT2D eigenvalue weighted by molar-refractivity contribution is 5.53. The van der Waals surface area contributed by atoms with Crippen molar-refractivity contribution < 1.29 is 10.2 Å². The number of nitrogens with one attached hydrogen (secondary N) is 1. The fourth-order valence-electron chi connectivity index (χ4n) is 2.19. The number of benzene rings is 1. The summed E-state index contributed by atoms with van der Waals surface area (Å²) < 4.78 is 0. The van der Waals surface area contributed by atoms with E-state index in [4.69, 9.17) is 0 Å². The SMILES string of the molecule is Cc1cc(CN2CCNCC2)c(O)c(O)c1C. The van der Waals surface area contributed by atoms with E-state index in [9.17, 15) is 10.2 Å². The van der Waals surface area contributed by atoms with Gasteiger partial charge in [-0.25, -0.2) is 0 Å². The van der Waals surface area contributed by atoms with Crippen molar-refractivity contribution in [1.29, 1.82) is 0 Å². The zero-order valence-corrected chi connectivity index (χ0v) is 10.5. The molecule has 1 aliphatic rings. The number of hydrogen-bond acceptors (Lipinski definition) is 4. The lowest BCUT2D eigenvalue weighted by molar-refractivity contribution is 0.229. The zero-order chi connectivity index (χ0) is 12.4. The normalized spacial score (nSPS) is 17.3. The molecular formula is C13H20N2O2. The van der Waals surface area contributed by atoms with E-state index in [1.54, 1.807) is 0 Å². The maximum atomic E-state index is 9.94. The van der Waals surface area contributed by atoms with E-state index < -0.39 is 0 Å². The summed E-state index contributed by atoms with van der Waals surface area (Å²) in [5, 5.41) is 23.1. The molecule has 0 amide bonds. The molecule has 4 heteroatoms. The molecule has 1 aromatic carbocycles. The van der Waals surface area contributed by atoms with Gasteiger partial charge in [-0.1, -0.05) is 6.07 Å². The predicted molar refractivity (Wildman–Crippen MR) is 67.4 cm³/mol. The Kier molecular flexibility index (Phi) is 3.54. The molecule has 1 heterocycles. The van der Waals surface area contributed by atoms with Gasteiger partial charge in [-0.2, -0.15) is 0 Å². The van der Waals surface area contributed by atoms with E-state index in [-0.39, 0.29) is 11.5 Å². The van der Waals surface area contributed by atoms with Crippen molar-refractivity contribution in [2.24, 2.45) is 0 Å². The summed E-state index contributed by atoms with van der Waals surface area (Å²) in [6.45, 7) is 8.40. The second-order valence-corrected chi connectivity index (χ2v) is 4.70. The van der Waals surface area contributed by atoms with Crippen molar-refractivity contribution in [1.82, 2.24) is 10.2 Å². The maximum Gasteiger partial charge on any atom is 0.162 e. The Bertz CT molecular complexity index is 412. The summed E-state index contributed by atoms with van der Waals surface area (Å²) >= 11 is 0. The largest absolute Gasteiger partial charge is 0.504 e. The number of nitrogens with zero attached hydrogens (tertiary/aromatic N) is 1. The molecule has 0 unspecified atom stereocenters. The molecule has 94 valence electrons. The minimum Gasteiger partial charge on any atom is -0.504 e. The molecule has 4 nitrogen and oxygen atoms in total. The molecule has 1 aliphatic heterocycles. The first-order chi connectivity index (χ1) is 8.09. The first kappa shape index (κ1) is 12.2. The Morgan fingerprint density at radius 2 is 1.82 bits per heavy atom. The lowest BCUT2D eigenvalue weighted by atomic mass is 10.0. The monoisotopic (exact) mass is 236 g/mol. The Morgan fingerprint density at radius 1 is 1.18 bits per heavy atom. The average molecular weight is 236 g/mol. The second-order valence-electron chi connectivity index (χ2n) is 4.70. The summed E-state index contributed by atoms with van der Waals surface area (Å²) in [7, 11) is 0. The van der Waals surface area contributed by atoms with Crippen LogP contribution < -0.4 is 5.32 Å². The molecule has 0 bridgehead atoms. The standard InChI is InChI=1S/C13H20N2O2/c1-9-7-11(13(17)12(16)10(9)2)8-15-5-3-14-4-6-15/h7,14,16-17H,3-6,8H2,1-2H3. The van der Waals surface area contributed by atoms with Crippen LogP contribution in [0.3, 0.4) is 0 Å². The minimum atomic E-state index is 0.0233. The van der Waals surface area contributed by atoms with Crippen LogP contribution in [0, 0.1) is 13.8 Å². The Labute approximate surface area is 102 Å². The van der Waals surface area contributed by atoms with Crippen LogP contribution in [0.25, 0.3) is 0 Å². The third-order valence-corrected chi connectivity index (χ3v) is 3.47. The molecule has 17 heavy (non-hydrogen) atoms. The van der Waals surface area contributed by atoms with Gasteiger partial charge in [0.05, 0.1) is 0 Å². The van der Waals surface area contributed by atoms with Gasteiger partial charge in [0.25, 0.3) is 0 Å². The third kappa shape index (κ3) is 2.53. The first-order valence-corrected chi connectivity index (χ1v) is 6.03. The Hall–Kier alpha value is -1.26. The average Bonchev–Trinajstić information content (AvgIpc) is 2.35. The van der Waals surface area contributed by atoms with Gasteiger partial charge >= 0.3 is 0 Å². The predicted octanol–water partition coefficient (Wildman–Crippen LogP) is 1.12. The number of phenols is 2. The van der Waals surface area contributed by atoms with E-state index in [0.29, 0.717) is 6.54 Å². The molecule has 0 radical (unpaired) electrons. The summed E-state index contributed by atoms with van der Waals surface area (Å²) in [6, 6.07) is 1.96. The van der Waals surface area contributed by atoms with Gasteiger partial charge in [0.2, 0.25) is 0 Å². The number of phenolic OH excluding ortho intramolecular Hbond substituents is 2. The van der Waals surface area contributed by atoms with Gasteiger partial charge in [0.15, 0.2) is 11.5 Å². The number of aromatic hydroxyl groups is 2. The van der Waals surface area contributed by atoms with E-state index >= 15 is 0 Å². The Morgan fingerprint density at radius 3 is 2.47 bits per heavy atom. The van der Waals surface area contributed by atoms with Crippen molar-refractivity contribution in [3.05, 3.63) is 22.8 Å². The topological polar surface area (TPSA) is 55.7 Å². The molecule has 0 aliphatic carbocycles. The third-order valence-electron chi connectivity index (χ3n) is 3.47. The van der Waals surface area contributed by atoms with Crippen LogP contribution in [0.1, 0.15) is 16.7 Å². The lowest BCUT2D eigenvalue weighted by Gasteiger charge is -2.27. The smallest absolute Gasteiger partial charge is 0.162 e. The first-order valence-electron chi connectivity index (χ1n) is 6.03. The maximum absolute atomic E-state index is 9.94. The van der Waals surface area contributed by atoms with E-state index in [1.165, 1.54) is 0 Å². The number of rotatable bonds is 2. The second kappa shape index (κ2) is 4.94. The highest BCUT2D eigenvalue weighted by Crippen LogP contribution is 2.35. The fraction of sp³-hybridized carbons (Fsp3) is 0.538. The summed E-state index contributed by atoms with van der Waals surface area (Å²) in [4.78, 5) is 2.28. The lowest BCUT2D eigenvalue weighted by Crippen LogP contribution is -2.42. The molecule has 3 N–H and O–H groups in total. The molecule has 0 spiro atoms. The molecule has 1 fully saturated rings. The van der Waals surface area contributed by atoms with Gasteiger partial charge in [-0.05, 0) is 25.0 Å². The van der Waals surface area contributed by atoms with Crippen LogP contribution in [-0.2, 0) is 6.54 Å². The Balaban J connectivity index is 2.20. The van der Waals surface area contributed by atoms with Crippen LogP contribution in [-0.4, -0.2) is 41.3 Å². The van der Waals surface area contributed by atoms with Crippen molar-refractivity contribution in [2.75, 3.05) is 26.2 Å². The van der Waals surface area contributed by atoms with E-state index in [1.807, 2.05) is 19.9 Å². The zero-order valence-electron chi connectivity index (χ0n) is 10.5. The van der Waals surface area contributed by atoms with Crippen molar-refractivity contribution in [2.45, 2.75) is 20.4 Å². The summed E-state index contributed by atoms with van der Waals surface area (Å²) in [5.41, 5.74) is 2.59. The highest BCUT2D eigenvalue weighted by Gasteiger charge is 2.16. The molecule has 0 atom stereocenters. The van der Waals surface area contributed by atoms with E-state index in [2.05, 4.69) is 10.2 Å². The van der Waals surface area contributed by atoms with Gasteiger partial charge in [-0.15, -0.1) is 0 Å². The van der Waals surface area contributed by atoms with Crippen molar-refractivity contribution >= 4 is 0 Å². The van der Waals surface area contributed by atoms with Crippen LogP contribution in [0.2, 0.25) is 0 Å². The van der Waals surface area contributed by atoms with Gasteiger partial charge < -0.3 is 15.5 Å². The highest BCUT2D eigenvalue weighted by atomic mass is 16.3. The van der Waals surface area contributed by atoms with Crippen LogP contribution in [0.5, 0.6) is 11.5 Å². The molecule has 1 saturated heterocycles. The quantitative estimate of drug-likeness (QED) is 0.674. The van der Waals surface area contributed by atoms with Crippen LogP contribution in [0.15, 0.2) is 6.07 Å².